The van der Waals surface area contributed by atoms with Gasteiger partial charge in [-0.1, -0.05) is 11.5 Å². The van der Waals surface area contributed by atoms with Crippen LogP contribution in [0.2, 0.25) is 0 Å². The van der Waals surface area contributed by atoms with Gasteiger partial charge in [0.25, 0.3) is 0 Å². The third-order valence-electron chi connectivity index (χ3n) is 2.95. The summed E-state index contributed by atoms with van der Waals surface area (Å²) in [6, 6.07) is 1.90. The van der Waals surface area contributed by atoms with Crippen molar-refractivity contribution in [2.75, 3.05) is 11.4 Å². The number of pyridine rings is 1. The van der Waals surface area contributed by atoms with Gasteiger partial charge in [0.1, 0.15) is 5.70 Å². The molecule has 98 valence electrons. The standard InChI is InChI=1S/C15H13N5/c1-2-19-15(16)20-12-4-3-6-17-9-11(8-12)13-10-18-7-5-14(13)20/h4-7,9-10H,2H2,1H3,(H2,16,19). The summed E-state index contributed by atoms with van der Waals surface area (Å²) < 4.78 is 0. The Morgan fingerprint density at radius 2 is 2.40 bits per heavy atom. The van der Waals surface area contributed by atoms with Gasteiger partial charge < -0.3 is 5.73 Å². The smallest absolute Gasteiger partial charge is 0.201 e. The Hall–Kier alpha value is -2.87. The van der Waals surface area contributed by atoms with Crippen molar-refractivity contribution < 1.29 is 0 Å². The molecule has 2 aliphatic heterocycles. The number of aromatic nitrogens is 1. The van der Waals surface area contributed by atoms with Gasteiger partial charge in [0.05, 0.1) is 11.9 Å². The van der Waals surface area contributed by atoms with Gasteiger partial charge in [-0.15, -0.1) is 0 Å². The van der Waals surface area contributed by atoms with E-state index in [9.17, 15) is 0 Å². The van der Waals surface area contributed by atoms with Crippen LogP contribution >= 0.6 is 0 Å². The molecule has 3 rings (SSSR count). The molecule has 0 aliphatic carbocycles. The van der Waals surface area contributed by atoms with Gasteiger partial charge in [0, 0.05) is 42.4 Å². The second-order valence-electron chi connectivity index (χ2n) is 4.20. The molecule has 0 atom stereocenters. The fraction of sp³-hybridized carbons (Fsp3) is 0.133. The Morgan fingerprint density at radius 1 is 1.50 bits per heavy atom. The Labute approximate surface area is 116 Å². The van der Waals surface area contributed by atoms with Crippen LogP contribution in [0.5, 0.6) is 0 Å². The zero-order valence-electron chi connectivity index (χ0n) is 11.0. The molecule has 0 amide bonds. The highest BCUT2D eigenvalue weighted by atomic mass is 15.3. The number of nitrogens with two attached hydrogens (primary N) is 1. The highest BCUT2D eigenvalue weighted by Crippen LogP contribution is 2.32. The number of rotatable bonds is 1. The third kappa shape index (κ3) is 1.97. The van der Waals surface area contributed by atoms with Crippen LogP contribution in [0.3, 0.4) is 0 Å². The molecule has 0 unspecified atom stereocenters. The van der Waals surface area contributed by atoms with E-state index in [0.717, 1.165) is 22.5 Å². The van der Waals surface area contributed by atoms with Crippen molar-refractivity contribution in [3.8, 4) is 0 Å². The summed E-state index contributed by atoms with van der Waals surface area (Å²) in [5, 5.41) is 0. The number of anilines is 1. The van der Waals surface area contributed by atoms with Crippen LogP contribution in [-0.4, -0.2) is 23.7 Å². The Bertz CT molecular complexity index is 741. The number of fused-ring (bicyclic) bond motifs is 2. The van der Waals surface area contributed by atoms with Crippen LogP contribution in [-0.2, 0) is 0 Å². The molecule has 0 radical (unpaired) electrons. The average molecular weight is 263 g/mol. The lowest BCUT2D eigenvalue weighted by Crippen LogP contribution is -2.38. The summed E-state index contributed by atoms with van der Waals surface area (Å²) in [7, 11) is 0. The molecule has 2 aliphatic rings. The lowest BCUT2D eigenvalue weighted by atomic mass is 10.0. The summed E-state index contributed by atoms with van der Waals surface area (Å²) in [5.74, 6) is 0.428. The fourth-order valence-corrected chi connectivity index (χ4v) is 2.13. The Kier molecular flexibility index (Phi) is 3.05. The largest absolute Gasteiger partial charge is 0.369 e. The highest BCUT2D eigenvalue weighted by molar-refractivity contribution is 6.15. The van der Waals surface area contributed by atoms with Crippen LogP contribution in [0.15, 0.2) is 57.9 Å². The van der Waals surface area contributed by atoms with Crippen LogP contribution in [0.1, 0.15) is 12.5 Å². The quantitative estimate of drug-likeness (QED) is 0.477. The highest BCUT2D eigenvalue weighted by Gasteiger charge is 2.23. The van der Waals surface area contributed by atoms with Crippen molar-refractivity contribution >= 4 is 23.4 Å². The van der Waals surface area contributed by atoms with E-state index in [4.69, 9.17) is 5.73 Å². The molecule has 1 aromatic heterocycles. The number of guanidine groups is 1. The first-order chi connectivity index (χ1) is 9.81. The number of allylic oxidation sites excluding steroid dienone is 1. The van der Waals surface area contributed by atoms with E-state index >= 15 is 0 Å². The first-order valence-electron chi connectivity index (χ1n) is 6.30. The second kappa shape index (κ2) is 5.02. The van der Waals surface area contributed by atoms with Crippen molar-refractivity contribution in [2.45, 2.75) is 6.92 Å². The maximum absolute atomic E-state index is 6.09. The predicted molar refractivity (Wildman–Crippen MR) is 80.5 cm³/mol. The third-order valence-corrected chi connectivity index (χ3v) is 2.95. The summed E-state index contributed by atoms with van der Waals surface area (Å²) in [6.07, 6.45) is 8.65. The molecule has 0 aromatic carbocycles. The van der Waals surface area contributed by atoms with Crippen LogP contribution < -0.4 is 10.6 Å². The van der Waals surface area contributed by atoms with E-state index in [1.54, 1.807) is 30.9 Å². The van der Waals surface area contributed by atoms with Gasteiger partial charge in [-0.2, -0.15) is 0 Å². The molecule has 2 bridgehead atoms. The van der Waals surface area contributed by atoms with E-state index < -0.39 is 0 Å². The number of aliphatic imine (C=N–C) groups is 2. The van der Waals surface area contributed by atoms with E-state index in [2.05, 4.69) is 26.4 Å². The fourth-order valence-electron chi connectivity index (χ4n) is 2.13. The lowest BCUT2D eigenvalue weighted by molar-refractivity contribution is 1.08. The van der Waals surface area contributed by atoms with E-state index in [0.29, 0.717) is 12.5 Å². The molecule has 2 N–H and O–H groups in total. The molecule has 0 saturated heterocycles. The molecular weight excluding hydrogens is 250 g/mol. The van der Waals surface area contributed by atoms with Gasteiger partial charge >= 0.3 is 0 Å². The second-order valence-corrected chi connectivity index (χ2v) is 4.20. The molecule has 0 saturated carbocycles. The summed E-state index contributed by atoms with van der Waals surface area (Å²) in [5.41, 5.74) is 15.8. The Balaban J connectivity index is 2.29. The van der Waals surface area contributed by atoms with Crippen molar-refractivity contribution in [2.24, 2.45) is 15.7 Å². The minimum Gasteiger partial charge on any atom is -0.369 e. The molecule has 0 spiro atoms. The van der Waals surface area contributed by atoms with E-state index in [-0.39, 0.29) is 0 Å². The summed E-state index contributed by atoms with van der Waals surface area (Å²) in [6.45, 7) is 2.56. The zero-order valence-corrected chi connectivity index (χ0v) is 11.0. The zero-order chi connectivity index (χ0) is 13.9. The maximum Gasteiger partial charge on any atom is 0.201 e. The topological polar surface area (TPSA) is 66.9 Å². The summed E-state index contributed by atoms with van der Waals surface area (Å²) in [4.78, 5) is 14.4. The molecule has 1 aromatic rings. The van der Waals surface area contributed by atoms with Crippen molar-refractivity contribution in [3.05, 3.63) is 53.5 Å². The van der Waals surface area contributed by atoms with E-state index in [1.807, 2.05) is 17.9 Å². The number of hydrogen-bond donors (Lipinski definition) is 1. The van der Waals surface area contributed by atoms with E-state index in [1.165, 1.54) is 0 Å². The molecule has 5 nitrogen and oxygen atoms in total. The monoisotopic (exact) mass is 263 g/mol. The minimum atomic E-state index is 0.428. The molecule has 5 heteroatoms. The van der Waals surface area contributed by atoms with Crippen molar-refractivity contribution in [1.82, 2.24) is 4.98 Å². The Morgan fingerprint density at radius 3 is 3.25 bits per heavy atom. The molecular formula is C15H13N5. The maximum atomic E-state index is 6.09. The number of hydrogen-bond acceptors (Lipinski definition) is 3. The van der Waals surface area contributed by atoms with Gasteiger partial charge in [-0.25, -0.2) is 0 Å². The normalized spacial score (nSPS) is 16.2. The van der Waals surface area contributed by atoms with Gasteiger partial charge in [-0.3, -0.25) is 19.9 Å². The van der Waals surface area contributed by atoms with Crippen molar-refractivity contribution in [1.29, 1.82) is 0 Å². The lowest BCUT2D eigenvalue weighted by Gasteiger charge is -2.28. The summed E-state index contributed by atoms with van der Waals surface area (Å²) >= 11 is 0. The van der Waals surface area contributed by atoms with Gasteiger partial charge in [0.2, 0.25) is 5.96 Å². The predicted octanol–water partition coefficient (Wildman–Crippen LogP) is 1.86. The van der Waals surface area contributed by atoms with Crippen LogP contribution in [0.4, 0.5) is 5.69 Å². The minimum absolute atomic E-state index is 0.428. The number of nitrogens with zero attached hydrogens (tertiary/aromatic N) is 4. The van der Waals surface area contributed by atoms with Gasteiger partial charge in [0.15, 0.2) is 0 Å². The van der Waals surface area contributed by atoms with Gasteiger partial charge in [-0.05, 0) is 13.0 Å². The molecule has 20 heavy (non-hydrogen) atoms. The van der Waals surface area contributed by atoms with Crippen LogP contribution in [0, 0.1) is 0 Å². The first kappa shape index (κ1) is 12.2. The molecule has 3 heterocycles. The average Bonchev–Trinajstić information content (AvgIpc) is 2.44. The first-order valence-corrected chi connectivity index (χ1v) is 6.30. The van der Waals surface area contributed by atoms with Crippen molar-refractivity contribution in [3.63, 3.8) is 0 Å². The SMILES string of the molecule is CCN=C(N)N1C2=C=C(C=NC=C=C2)c2cnccc21. The molecule has 0 fully saturated rings. The van der Waals surface area contributed by atoms with Crippen LogP contribution in [0.25, 0.3) is 5.57 Å².